The van der Waals surface area contributed by atoms with Crippen molar-refractivity contribution in [2.75, 3.05) is 0 Å². The lowest BCUT2D eigenvalue weighted by Crippen LogP contribution is -2.30. The second-order valence-electron chi connectivity index (χ2n) is 7.29. The van der Waals surface area contributed by atoms with Crippen LogP contribution in [0.1, 0.15) is 43.2 Å². The molecule has 140 valence electrons. The Kier molecular flexibility index (Phi) is 5.08. The van der Waals surface area contributed by atoms with E-state index >= 15 is 0 Å². The maximum absolute atomic E-state index is 12.8. The van der Waals surface area contributed by atoms with Crippen LogP contribution in [0.5, 0.6) is 5.75 Å². The van der Waals surface area contributed by atoms with E-state index in [1.165, 1.54) is 0 Å². The molecule has 1 aliphatic carbocycles. The van der Waals surface area contributed by atoms with Crippen LogP contribution in [-0.2, 0) is 11.4 Å². The fourth-order valence-electron chi connectivity index (χ4n) is 4.11. The van der Waals surface area contributed by atoms with E-state index in [0.29, 0.717) is 18.6 Å². The first-order chi connectivity index (χ1) is 13.7. The second-order valence-corrected chi connectivity index (χ2v) is 7.29. The Morgan fingerprint density at radius 3 is 2.64 bits per heavy atom. The van der Waals surface area contributed by atoms with Crippen LogP contribution in [0, 0.1) is 17.2 Å². The molecule has 0 N–H and O–H groups in total. The van der Waals surface area contributed by atoms with E-state index < -0.39 is 5.92 Å². The van der Waals surface area contributed by atoms with Crippen LogP contribution in [0.3, 0.4) is 0 Å². The van der Waals surface area contributed by atoms with E-state index in [4.69, 9.17) is 4.74 Å². The first kappa shape index (κ1) is 18.2. The third-order valence-corrected chi connectivity index (χ3v) is 5.46. The molecule has 0 spiro atoms. The molecule has 2 aromatic rings. The first-order valence-electron chi connectivity index (χ1n) is 9.65. The molecule has 2 atom stereocenters. The number of para-hydroxylation sites is 1. The van der Waals surface area contributed by atoms with Gasteiger partial charge in [-0.3, -0.25) is 9.79 Å². The normalized spacial score (nSPS) is 21.6. The van der Waals surface area contributed by atoms with E-state index in [1.54, 1.807) is 0 Å². The summed E-state index contributed by atoms with van der Waals surface area (Å²) in [5.74, 6) is 0.0525. The summed E-state index contributed by atoms with van der Waals surface area (Å²) in [6, 6.07) is 20.1. The third kappa shape index (κ3) is 3.36. The van der Waals surface area contributed by atoms with Gasteiger partial charge in [0, 0.05) is 34.9 Å². The van der Waals surface area contributed by atoms with Gasteiger partial charge in [0.1, 0.15) is 12.4 Å². The van der Waals surface area contributed by atoms with Gasteiger partial charge in [0.05, 0.1) is 12.0 Å². The standard InChI is InChI=1S/C24H22N2O2/c1-16-19(14-25)23(24-20(26-16)11-7-12-21(24)27)18-10-5-6-13-22(18)28-15-17-8-3-2-4-9-17/h2-6,8-10,13,19,23H,7,11-12,15H2,1H3/t19?,23-/m1/s1. The van der Waals surface area contributed by atoms with Gasteiger partial charge in [-0.05, 0) is 31.4 Å². The lowest BCUT2D eigenvalue weighted by molar-refractivity contribution is -0.116. The van der Waals surface area contributed by atoms with Gasteiger partial charge >= 0.3 is 0 Å². The molecule has 0 amide bonds. The zero-order chi connectivity index (χ0) is 19.5. The van der Waals surface area contributed by atoms with E-state index in [0.717, 1.165) is 41.1 Å². The number of ketones is 1. The molecular formula is C24H22N2O2. The number of hydrogen-bond acceptors (Lipinski definition) is 4. The number of allylic oxidation sites excluding steroid dienone is 2. The number of Topliss-reactive ketones (excluding diaryl/α,β-unsaturated/α-hetero) is 1. The van der Waals surface area contributed by atoms with Crippen molar-refractivity contribution < 1.29 is 9.53 Å². The predicted octanol–water partition coefficient (Wildman–Crippen LogP) is 4.97. The zero-order valence-corrected chi connectivity index (χ0v) is 15.9. The number of nitrogens with zero attached hydrogens (tertiary/aromatic N) is 2. The minimum absolute atomic E-state index is 0.112. The summed E-state index contributed by atoms with van der Waals surface area (Å²) >= 11 is 0. The number of rotatable bonds is 4. The number of ether oxygens (including phenoxy) is 1. The van der Waals surface area contributed by atoms with Crippen molar-refractivity contribution in [1.82, 2.24) is 0 Å². The summed E-state index contributed by atoms with van der Waals surface area (Å²) in [6.45, 7) is 2.33. The summed E-state index contributed by atoms with van der Waals surface area (Å²) in [4.78, 5) is 17.4. The smallest absolute Gasteiger partial charge is 0.161 e. The Labute approximate surface area is 165 Å². The van der Waals surface area contributed by atoms with Crippen molar-refractivity contribution in [2.24, 2.45) is 10.9 Å². The highest BCUT2D eigenvalue weighted by Crippen LogP contribution is 2.45. The Morgan fingerprint density at radius 1 is 1.11 bits per heavy atom. The lowest BCUT2D eigenvalue weighted by Gasteiger charge is -2.33. The quantitative estimate of drug-likeness (QED) is 0.763. The first-order valence-corrected chi connectivity index (χ1v) is 9.65. The molecular weight excluding hydrogens is 348 g/mol. The summed E-state index contributed by atoms with van der Waals surface area (Å²) in [5, 5.41) is 9.86. The van der Waals surface area contributed by atoms with Crippen LogP contribution in [0.25, 0.3) is 0 Å². The Morgan fingerprint density at radius 2 is 1.86 bits per heavy atom. The average molecular weight is 370 g/mol. The number of carbonyl (C=O) groups excluding carboxylic acids is 1. The fraction of sp³-hybridized carbons (Fsp3) is 0.292. The van der Waals surface area contributed by atoms with Crippen molar-refractivity contribution in [3.05, 3.63) is 77.0 Å². The summed E-state index contributed by atoms with van der Waals surface area (Å²) < 4.78 is 6.14. The van der Waals surface area contributed by atoms with Crippen LogP contribution >= 0.6 is 0 Å². The topological polar surface area (TPSA) is 62.4 Å². The van der Waals surface area contributed by atoms with E-state index in [1.807, 2.05) is 61.5 Å². The second kappa shape index (κ2) is 7.82. The number of benzene rings is 2. The summed E-state index contributed by atoms with van der Waals surface area (Å²) in [6.07, 6.45) is 2.14. The highest BCUT2D eigenvalue weighted by molar-refractivity contribution is 6.03. The molecule has 2 aliphatic rings. The van der Waals surface area contributed by atoms with Crippen LogP contribution in [0.4, 0.5) is 0 Å². The monoisotopic (exact) mass is 370 g/mol. The van der Waals surface area contributed by atoms with Crippen LogP contribution in [-0.4, -0.2) is 11.5 Å². The minimum Gasteiger partial charge on any atom is -0.489 e. The van der Waals surface area contributed by atoms with Crippen molar-refractivity contribution >= 4 is 11.5 Å². The third-order valence-electron chi connectivity index (χ3n) is 5.46. The molecule has 0 fully saturated rings. The van der Waals surface area contributed by atoms with E-state index in [9.17, 15) is 10.1 Å². The van der Waals surface area contributed by atoms with Gasteiger partial charge in [0.15, 0.2) is 5.78 Å². The number of carbonyl (C=O) groups is 1. The molecule has 1 aliphatic heterocycles. The summed E-state index contributed by atoms with van der Waals surface area (Å²) in [5.41, 5.74) is 4.30. The lowest BCUT2D eigenvalue weighted by atomic mass is 9.72. The van der Waals surface area contributed by atoms with Gasteiger partial charge in [-0.2, -0.15) is 5.26 Å². The largest absolute Gasteiger partial charge is 0.489 e. The molecule has 2 aromatic carbocycles. The van der Waals surface area contributed by atoms with Crippen LogP contribution < -0.4 is 4.74 Å². The number of aliphatic imine (C=N–C) groups is 1. The van der Waals surface area contributed by atoms with Gasteiger partial charge in [-0.15, -0.1) is 0 Å². The molecule has 0 bridgehead atoms. The molecule has 4 heteroatoms. The molecule has 4 nitrogen and oxygen atoms in total. The number of nitriles is 1. The molecule has 28 heavy (non-hydrogen) atoms. The van der Waals surface area contributed by atoms with Gasteiger partial charge in [0.2, 0.25) is 0 Å². The highest BCUT2D eigenvalue weighted by atomic mass is 16.5. The fourth-order valence-corrected chi connectivity index (χ4v) is 4.11. The average Bonchev–Trinajstić information content (AvgIpc) is 2.72. The molecule has 4 rings (SSSR count). The molecule has 0 saturated heterocycles. The Bertz CT molecular complexity index is 999. The Hall–Kier alpha value is -3.19. The van der Waals surface area contributed by atoms with Gasteiger partial charge in [-0.1, -0.05) is 48.5 Å². The number of hydrogen-bond donors (Lipinski definition) is 0. The van der Waals surface area contributed by atoms with Crippen LogP contribution in [0.2, 0.25) is 0 Å². The van der Waals surface area contributed by atoms with Crippen molar-refractivity contribution in [3.63, 3.8) is 0 Å². The predicted molar refractivity (Wildman–Crippen MR) is 108 cm³/mol. The van der Waals surface area contributed by atoms with Crippen LogP contribution in [0.15, 0.2) is 70.9 Å². The maximum Gasteiger partial charge on any atom is 0.161 e. The zero-order valence-electron chi connectivity index (χ0n) is 15.9. The molecule has 1 heterocycles. The van der Waals surface area contributed by atoms with Gasteiger partial charge in [-0.25, -0.2) is 0 Å². The van der Waals surface area contributed by atoms with Crippen molar-refractivity contribution in [1.29, 1.82) is 5.26 Å². The summed E-state index contributed by atoms with van der Waals surface area (Å²) in [7, 11) is 0. The van der Waals surface area contributed by atoms with Crippen molar-refractivity contribution in [2.45, 2.75) is 38.7 Å². The molecule has 0 aromatic heterocycles. The van der Waals surface area contributed by atoms with Gasteiger partial charge < -0.3 is 4.74 Å². The maximum atomic E-state index is 12.8. The SMILES string of the molecule is CC1=NC2=C(C(=O)CCC2)[C@H](c2ccccc2OCc2ccccc2)C1C#N. The minimum atomic E-state index is -0.456. The van der Waals surface area contributed by atoms with E-state index in [-0.39, 0.29) is 11.7 Å². The molecule has 0 saturated carbocycles. The highest BCUT2D eigenvalue weighted by Gasteiger charge is 2.40. The molecule has 0 radical (unpaired) electrons. The Balaban J connectivity index is 1.74. The van der Waals surface area contributed by atoms with Gasteiger partial charge in [0.25, 0.3) is 0 Å². The van der Waals surface area contributed by atoms with E-state index in [2.05, 4.69) is 11.1 Å². The molecule has 1 unspecified atom stereocenters. The van der Waals surface area contributed by atoms with Crippen molar-refractivity contribution in [3.8, 4) is 11.8 Å².